The van der Waals surface area contributed by atoms with Crippen LogP contribution in [0.2, 0.25) is 0 Å². The maximum absolute atomic E-state index is 11.7. The molecule has 7 nitrogen and oxygen atoms in total. The Balaban J connectivity index is 1.73. The first-order valence-corrected chi connectivity index (χ1v) is 7.65. The van der Waals surface area contributed by atoms with Crippen LogP contribution in [0.4, 0.5) is 4.79 Å². The molecule has 1 atom stereocenters. The molecule has 1 amide bonds. The fourth-order valence-electron chi connectivity index (χ4n) is 2.33. The molecule has 2 rings (SSSR count). The summed E-state index contributed by atoms with van der Waals surface area (Å²) in [7, 11) is 0. The molecule has 0 saturated carbocycles. The fraction of sp³-hybridized carbons (Fsp3) is 0.500. The zero-order chi connectivity index (χ0) is 16.5. The van der Waals surface area contributed by atoms with E-state index < -0.39 is 18.1 Å². The first-order valence-electron chi connectivity index (χ1n) is 7.65. The molecule has 1 heterocycles. The van der Waals surface area contributed by atoms with E-state index in [2.05, 4.69) is 10.2 Å². The van der Waals surface area contributed by atoms with Crippen molar-refractivity contribution in [2.45, 2.75) is 12.5 Å². The van der Waals surface area contributed by atoms with Gasteiger partial charge in [-0.2, -0.15) is 0 Å². The van der Waals surface area contributed by atoms with Gasteiger partial charge in [-0.15, -0.1) is 0 Å². The summed E-state index contributed by atoms with van der Waals surface area (Å²) < 4.78 is 10.3. The minimum absolute atomic E-state index is 0.217. The van der Waals surface area contributed by atoms with Crippen molar-refractivity contribution < 1.29 is 24.2 Å². The van der Waals surface area contributed by atoms with Crippen LogP contribution in [-0.4, -0.2) is 67.6 Å². The average molecular weight is 322 g/mol. The van der Waals surface area contributed by atoms with E-state index >= 15 is 0 Å². The molecule has 0 bridgehead atoms. The summed E-state index contributed by atoms with van der Waals surface area (Å²) in [6.45, 7) is 3.85. The second-order valence-electron chi connectivity index (χ2n) is 5.31. The summed E-state index contributed by atoms with van der Waals surface area (Å²) in [6.07, 6.45) is -0.490. The molecule has 1 aliphatic heterocycles. The number of carbonyl (C=O) groups is 2. The first kappa shape index (κ1) is 17.2. The number of nitrogens with one attached hydrogen (secondary N) is 1. The Morgan fingerprint density at radius 3 is 2.61 bits per heavy atom. The van der Waals surface area contributed by atoms with Gasteiger partial charge in [0.05, 0.1) is 13.2 Å². The predicted octanol–water partition coefficient (Wildman–Crippen LogP) is 0.741. The zero-order valence-corrected chi connectivity index (χ0v) is 12.9. The van der Waals surface area contributed by atoms with E-state index in [0.717, 1.165) is 18.7 Å². The van der Waals surface area contributed by atoms with Crippen molar-refractivity contribution in [2.75, 3.05) is 39.5 Å². The van der Waals surface area contributed by atoms with E-state index in [1.165, 1.54) is 0 Å². The van der Waals surface area contributed by atoms with Crippen molar-refractivity contribution in [1.29, 1.82) is 0 Å². The first-order chi connectivity index (χ1) is 11.1. The summed E-state index contributed by atoms with van der Waals surface area (Å²) >= 11 is 0. The Labute approximate surface area is 135 Å². The Morgan fingerprint density at radius 2 is 1.96 bits per heavy atom. The normalized spacial score (nSPS) is 16.5. The second-order valence-corrected chi connectivity index (χ2v) is 5.31. The van der Waals surface area contributed by atoms with Gasteiger partial charge in [-0.3, -0.25) is 4.90 Å². The molecule has 7 heteroatoms. The molecular formula is C16H22N2O5. The highest BCUT2D eigenvalue weighted by Crippen LogP contribution is 2.04. The van der Waals surface area contributed by atoms with Gasteiger partial charge in [0, 0.05) is 26.1 Å². The van der Waals surface area contributed by atoms with Gasteiger partial charge in [0.15, 0.2) is 0 Å². The molecule has 126 valence electrons. The lowest BCUT2D eigenvalue weighted by Gasteiger charge is -2.26. The van der Waals surface area contributed by atoms with Crippen LogP contribution in [0.25, 0.3) is 0 Å². The maximum Gasteiger partial charge on any atom is 0.407 e. The zero-order valence-electron chi connectivity index (χ0n) is 12.9. The van der Waals surface area contributed by atoms with Crippen LogP contribution in [0.5, 0.6) is 0 Å². The molecule has 0 radical (unpaired) electrons. The molecule has 23 heavy (non-hydrogen) atoms. The third-order valence-corrected chi connectivity index (χ3v) is 3.62. The van der Waals surface area contributed by atoms with Crippen molar-refractivity contribution in [3.63, 3.8) is 0 Å². The van der Waals surface area contributed by atoms with Crippen molar-refractivity contribution in [1.82, 2.24) is 10.2 Å². The topological polar surface area (TPSA) is 88.1 Å². The van der Waals surface area contributed by atoms with Crippen LogP contribution in [0.1, 0.15) is 5.56 Å². The van der Waals surface area contributed by atoms with E-state index in [0.29, 0.717) is 19.8 Å². The van der Waals surface area contributed by atoms with E-state index in [1.54, 1.807) is 0 Å². The smallest absolute Gasteiger partial charge is 0.407 e. The van der Waals surface area contributed by atoms with Gasteiger partial charge in [0.25, 0.3) is 0 Å². The lowest BCUT2D eigenvalue weighted by Crippen LogP contribution is -2.44. The number of benzene rings is 1. The molecule has 0 unspecified atom stereocenters. The Kier molecular flexibility index (Phi) is 6.83. The summed E-state index contributed by atoms with van der Waals surface area (Å²) in [5.41, 5.74) is 0.841. The molecule has 0 spiro atoms. The van der Waals surface area contributed by atoms with Gasteiger partial charge in [-0.25, -0.2) is 9.59 Å². The maximum atomic E-state index is 11.7. The number of alkyl carbamates (subject to hydrolysis) is 1. The highest BCUT2D eigenvalue weighted by Gasteiger charge is 2.21. The molecular weight excluding hydrogens is 300 g/mol. The van der Waals surface area contributed by atoms with Gasteiger partial charge in [0.2, 0.25) is 0 Å². The fourth-order valence-corrected chi connectivity index (χ4v) is 2.33. The number of hydrogen-bond acceptors (Lipinski definition) is 5. The number of amides is 1. The summed E-state index contributed by atoms with van der Waals surface area (Å²) in [5, 5.41) is 11.6. The summed E-state index contributed by atoms with van der Waals surface area (Å²) in [5.74, 6) is -1.08. The number of morpholine rings is 1. The van der Waals surface area contributed by atoms with E-state index in [9.17, 15) is 14.7 Å². The number of carbonyl (C=O) groups excluding carboxylic acids is 1. The van der Waals surface area contributed by atoms with Crippen molar-refractivity contribution in [3.8, 4) is 0 Å². The van der Waals surface area contributed by atoms with Crippen molar-refractivity contribution >= 4 is 12.1 Å². The molecule has 1 fully saturated rings. The monoisotopic (exact) mass is 322 g/mol. The van der Waals surface area contributed by atoms with Gasteiger partial charge < -0.3 is 19.9 Å². The highest BCUT2D eigenvalue weighted by molar-refractivity contribution is 5.80. The number of ether oxygens (including phenoxy) is 2. The molecule has 1 aromatic carbocycles. The van der Waals surface area contributed by atoms with Crippen LogP contribution in [0.3, 0.4) is 0 Å². The predicted molar refractivity (Wildman–Crippen MR) is 83.3 cm³/mol. The highest BCUT2D eigenvalue weighted by atomic mass is 16.5. The minimum atomic E-state index is -1.08. The number of carboxylic acid groups (broad SMARTS) is 1. The third-order valence-electron chi connectivity index (χ3n) is 3.62. The SMILES string of the molecule is O=C(N[C@@H](Cc1ccccc1)C(=O)O)OCCN1CCOCC1. The van der Waals surface area contributed by atoms with Gasteiger partial charge in [-0.05, 0) is 5.56 Å². The van der Waals surface area contributed by atoms with Gasteiger partial charge in [0.1, 0.15) is 12.6 Å². The number of aliphatic carboxylic acids is 1. The summed E-state index contributed by atoms with van der Waals surface area (Å²) in [6, 6.07) is 8.15. The minimum Gasteiger partial charge on any atom is -0.480 e. The number of carboxylic acids is 1. The quantitative estimate of drug-likeness (QED) is 0.770. The largest absolute Gasteiger partial charge is 0.480 e. The lowest BCUT2D eigenvalue weighted by atomic mass is 10.1. The Morgan fingerprint density at radius 1 is 1.26 bits per heavy atom. The van der Waals surface area contributed by atoms with Crippen molar-refractivity contribution in [2.24, 2.45) is 0 Å². The molecule has 1 aromatic rings. The molecule has 0 aliphatic carbocycles. The van der Waals surface area contributed by atoms with Gasteiger partial charge in [-0.1, -0.05) is 30.3 Å². The lowest BCUT2D eigenvalue weighted by molar-refractivity contribution is -0.139. The number of hydrogen-bond donors (Lipinski definition) is 2. The number of nitrogens with zero attached hydrogens (tertiary/aromatic N) is 1. The van der Waals surface area contributed by atoms with Gasteiger partial charge >= 0.3 is 12.1 Å². The van der Waals surface area contributed by atoms with Crippen LogP contribution in [-0.2, 0) is 20.7 Å². The molecule has 1 saturated heterocycles. The van der Waals surface area contributed by atoms with Crippen LogP contribution in [0, 0.1) is 0 Å². The average Bonchev–Trinajstić information content (AvgIpc) is 2.56. The Bertz CT molecular complexity index is 502. The molecule has 1 aliphatic rings. The van der Waals surface area contributed by atoms with Crippen LogP contribution in [0.15, 0.2) is 30.3 Å². The van der Waals surface area contributed by atoms with E-state index in [-0.39, 0.29) is 13.0 Å². The van der Waals surface area contributed by atoms with E-state index in [1.807, 2.05) is 30.3 Å². The second kappa shape index (κ2) is 9.12. The van der Waals surface area contributed by atoms with Crippen LogP contribution < -0.4 is 5.32 Å². The molecule has 2 N–H and O–H groups in total. The third kappa shape index (κ3) is 6.25. The van der Waals surface area contributed by atoms with E-state index in [4.69, 9.17) is 9.47 Å². The van der Waals surface area contributed by atoms with Crippen molar-refractivity contribution in [3.05, 3.63) is 35.9 Å². The Hall–Kier alpha value is -2.12. The summed E-state index contributed by atoms with van der Waals surface area (Å²) in [4.78, 5) is 25.2. The van der Waals surface area contributed by atoms with Crippen LogP contribution >= 0.6 is 0 Å². The standard InChI is InChI=1S/C16H22N2O5/c19-15(20)14(12-13-4-2-1-3-5-13)17-16(21)23-11-8-18-6-9-22-10-7-18/h1-5,14H,6-12H2,(H,17,21)(H,19,20)/t14-/m0/s1. The molecule has 0 aromatic heterocycles. The number of rotatable bonds is 7.